The molecule has 0 bridgehead atoms. The third-order valence-corrected chi connectivity index (χ3v) is 4.43. The number of hydrogen-bond acceptors (Lipinski definition) is 7. The van der Waals surface area contributed by atoms with Crippen LogP contribution >= 0.6 is 11.3 Å². The van der Waals surface area contributed by atoms with Crippen LogP contribution in [-0.2, 0) is 11.2 Å². The second-order valence-electron chi connectivity index (χ2n) is 5.10. The lowest BCUT2D eigenvalue weighted by molar-refractivity contribution is -0.114. The Morgan fingerprint density at radius 2 is 2.17 bits per heavy atom. The smallest absolute Gasteiger partial charge is 0.223 e. The summed E-state index contributed by atoms with van der Waals surface area (Å²) >= 11 is 1.12. The van der Waals surface area contributed by atoms with Gasteiger partial charge in [0.1, 0.15) is 16.5 Å². The van der Waals surface area contributed by atoms with Crippen LogP contribution in [0.1, 0.15) is 34.3 Å². The van der Waals surface area contributed by atoms with Crippen molar-refractivity contribution in [3.05, 3.63) is 40.0 Å². The number of nitrogens with two attached hydrogens (primary N) is 1. The van der Waals surface area contributed by atoms with Gasteiger partial charge in [0.15, 0.2) is 5.13 Å². The van der Waals surface area contributed by atoms with Crippen molar-refractivity contribution in [3.8, 4) is 0 Å². The molecule has 8 heteroatoms. The minimum Gasteiger partial charge on any atom is -0.507 e. The number of anilines is 2. The Morgan fingerprint density at radius 3 is 2.83 bits per heavy atom. The molecule has 4 N–H and O–H groups in total. The molecule has 7 nitrogen and oxygen atoms in total. The van der Waals surface area contributed by atoms with Crippen molar-refractivity contribution in [2.45, 2.75) is 19.8 Å². The molecule has 0 saturated heterocycles. The van der Waals surface area contributed by atoms with Gasteiger partial charge in [0.2, 0.25) is 11.7 Å². The minimum absolute atomic E-state index is 0.0948. The molecule has 0 fully saturated rings. The maximum Gasteiger partial charge on any atom is 0.223 e. The maximum absolute atomic E-state index is 12.6. The molecular weight excluding hydrogens is 316 g/mol. The molecule has 1 aliphatic rings. The molecule has 0 aromatic carbocycles. The van der Waals surface area contributed by atoms with Gasteiger partial charge in [-0.05, 0) is 25.0 Å². The third kappa shape index (κ3) is 2.93. The quantitative estimate of drug-likeness (QED) is 0.574. The molecule has 23 heavy (non-hydrogen) atoms. The second kappa shape index (κ2) is 5.81. The zero-order valence-corrected chi connectivity index (χ0v) is 13.1. The largest absolute Gasteiger partial charge is 0.507 e. The number of rotatable bonds is 2. The maximum atomic E-state index is 12.6. The molecule has 0 unspecified atom stereocenters. The highest BCUT2D eigenvalue weighted by atomic mass is 32.1. The van der Waals surface area contributed by atoms with Gasteiger partial charge in [-0.2, -0.15) is 0 Å². The standard InChI is InChI=1S/C15H14N4O3S/c1-7(20)18-15-19-10-4-3-9(13(22)14(10)23-15)12(21)8-2-5-11(16)17-6-8/h2,5-6,21H,3-4H2,1H3,(H2,16,17)(H,18,19,20). The summed E-state index contributed by atoms with van der Waals surface area (Å²) in [5.41, 5.74) is 6.93. The molecule has 3 rings (SSSR count). The topological polar surface area (TPSA) is 118 Å². The predicted molar refractivity (Wildman–Crippen MR) is 87.3 cm³/mol. The number of nitrogens with zero attached hydrogens (tertiary/aromatic N) is 2. The highest BCUT2D eigenvalue weighted by Gasteiger charge is 2.29. The van der Waals surface area contributed by atoms with Crippen LogP contribution in [0.4, 0.5) is 10.9 Å². The lowest BCUT2D eigenvalue weighted by Gasteiger charge is -2.14. The van der Waals surface area contributed by atoms with Crippen molar-refractivity contribution in [1.29, 1.82) is 0 Å². The van der Waals surface area contributed by atoms with E-state index in [4.69, 9.17) is 5.73 Å². The van der Waals surface area contributed by atoms with E-state index >= 15 is 0 Å². The molecular formula is C15H14N4O3S. The number of fused-ring (bicyclic) bond motifs is 1. The Kier molecular flexibility index (Phi) is 3.83. The van der Waals surface area contributed by atoms with E-state index in [9.17, 15) is 14.7 Å². The molecule has 0 spiro atoms. The first kappa shape index (κ1) is 15.2. The summed E-state index contributed by atoms with van der Waals surface area (Å²) in [5, 5.41) is 13.3. The van der Waals surface area contributed by atoms with E-state index in [0.717, 1.165) is 11.3 Å². The van der Waals surface area contributed by atoms with E-state index < -0.39 is 0 Å². The van der Waals surface area contributed by atoms with Gasteiger partial charge in [0.25, 0.3) is 0 Å². The molecule has 1 amide bonds. The van der Waals surface area contributed by atoms with Crippen LogP contribution in [0.15, 0.2) is 23.9 Å². The first-order chi connectivity index (χ1) is 11.0. The van der Waals surface area contributed by atoms with E-state index in [0.29, 0.717) is 45.5 Å². The Labute approximate surface area is 135 Å². The fraction of sp³-hybridized carbons (Fsp3) is 0.200. The van der Waals surface area contributed by atoms with Crippen LogP contribution in [0.25, 0.3) is 5.76 Å². The molecule has 0 saturated carbocycles. The second-order valence-corrected chi connectivity index (χ2v) is 6.10. The van der Waals surface area contributed by atoms with Crippen LogP contribution < -0.4 is 11.1 Å². The number of carbonyl (C=O) groups is 2. The van der Waals surface area contributed by atoms with Gasteiger partial charge >= 0.3 is 0 Å². The number of nitrogens with one attached hydrogen (secondary N) is 1. The van der Waals surface area contributed by atoms with E-state index in [-0.39, 0.29) is 17.4 Å². The van der Waals surface area contributed by atoms with Crippen LogP contribution in [0.2, 0.25) is 0 Å². The van der Waals surface area contributed by atoms with Crippen LogP contribution in [0.3, 0.4) is 0 Å². The normalized spacial score (nSPS) is 16.0. The Morgan fingerprint density at radius 1 is 1.39 bits per heavy atom. The van der Waals surface area contributed by atoms with Crippen molar-refractivity contribution in [2.24, 2.45) is 0 Å². The highest BCUT2D eigenvalue weighted by Crippen LogP contribution is 2.34. The fourth-order valence-corrected chi connectivity index (χ4v) is 3.37. The Bertz CT molecular complexity index is 824. The van der Waals surface area contributed by atoms with Crippen molar-refractivity contribution >= 4 is 39.7 Å². The molecule has 1 aliphatic carbocycles. The summed E-state index contributed by atoms with van der Waals surface area (Å²) in [6, 6.07) is 3.18. The summed E-state index contributed by atoms with van der Waals surface area (Å²) < 4.78 is 0. The highest BCUT2D eigenvalue weighted by molar-refractivity contribution is 7.18. The van der Waals surface area contributed by atoms with Crippen LogP contribution in [0.5, 0.6) is 0 Å². The Balaban J connectivity index is 1.96. The number of nitrogen functional groups attached to an aromatic ring is 1. The number of aliphatic hydroxyl groups is 1. The number of pyridine rings is 1. The SMILES string of the molecule is CC(=O)Nc1nc2c(s1)C(=O)C(=C(O)c1ccc(N)nc1)CC2. The van der Waals surface area contributed by atoms with E-state index in [1.54, 1.807) is 12.1 Å². The zero-order chi connectivity index (χ0) is 16.6. The number of carbonyl (C=O) groups excluding carboxylic acids is 2. The van der Waals surface area contributed by atoms with Gasteiger partial charge in [-0.25, -0.2) is 9.97 Å². The molecule has 2 aromatic rings. The van der Waals surface area contributed by atoms with E-state index in [1.165, 1.54) is 13.1 Å². The number of aliphatic hydroxyl groups excluding tert-OH is 1. The van der Waals surface area contributed by atoms with Gasteiger partial charge < -0.3 is 16.2 Å². The van der Waals surface area contributed by atoms with Crippen LogP contribution in [-0.4, -0.2) is 26.8 Å². The average molecular weight is 330 g/mol. The molecule has 0 aliphatic heterocycles. The summed E-state index contributed by atoms with van der Waals surface area (Å²) in [7, 11) is 0. The number of amides is 1. The van der Waals surface area contributed by atoms with Crippen molar-refractivity contribution in [3.63, 3.8) is 0 Å². The summed E-state index contributed by atoms with van der Waals surface area (Å²) in [4.78, 5) is 32.3. The summed E-state index contributed by atoms with van der Waals surface area (Å²) in [6.07, 6.45) is 2.33. The van der Waals surface area contributed by atoms with E-state index in [1.807, 2.05) is 0 Å². The first-order valence-corrected chi connectivity index (χ1v) is 7.73. The number of Topliss-reactive ketones (excluding diaryl/α,β-unsaturated/α-hetero) is 1. The van der Waals surface area contributed by atoms with Crippen molar-refractivity contribution < 1.29 is 14.7 Å². The van der Waals surface area contributed by atoms with Gasteiger partial charge in [-0.15, -0.1) is 0 Å². The number of ketones is 1. The minimum atomic E-state index is -0.269. The lowest BCUT2D eigenvalue weighted by Crippen LogP contribution is -2.14. The zero-order valence-electron chi connectivity index (χ0n) is 12.3. The van der Waals surface area contributed by atoms with Crippen molar-refractivity contribution in [1.82, 2.24) is 9.97 Å². The lowest BCUT2D eigenvalue weighted by atomic mass is 9.93. The summed E-state index contributed by atoms with van der Waals surface area (Å²) in [5.74, 6) is -0.265. The number of aryl methyl sites for hydroxylation is 1. The molecule has 118 valence electrons. The van der Waals surface area contributed by atoms with Gasteiger partial charge in [-0.1, -0.05) is 11.3 Å². The molecule has 2 heterocycles. The molecule has 2 aromatic heterocycles. The number of hydrogen-bond donors (Lipinski definition) is 3. The third-order valence-electron chi connectivity index (χ3n) is 3.42. The Hall–Kier alpha value is -2.74. The first-order valence-electron chi connectivity index (χ1n) is 6.91. The fourth-order valence-electron chi connectivity index (χ4n) is 2.34. The van der Waals surface area contributed by atoms with E-state index in [2.05, 4.69) is 15.3 Å². The molecule has 0 atom stereocenters. The number of thiazole rings is 1. The van der Waals surface area contributed by atoms with Crippen molar-refractivity contribution in [2.75, 3.05) is 11.1 Å². The number of aromatic nitrogens is 2. The number of allylic oxidation sites excluding steroid dienone is 1. The van der Waals surface area contributed by atoms with Gasteiger partial charge in [0, 0.05) is 24.3 Å². The predicted octanol–water partition coefficient (Wildman–Crippen LogP) is 2.18. The average Bonchev–Trinajstić information content (AvgIpc) is 2.90. The summed E-state index contributed by atoms with van der Waals surface area (Å²) in [6.45, 7) is 1.38. The van der Waals surface area contributed by atoms with Crippen LogP contribution in [0, 0.1) is 0 Å². The van der Waals surface area contributed by atoms with Gasteiger partial charge in [-0.3, -0.25) is 9.59 Å². The molecule has 0 radical (unpaired) electrons. The monoisotopic (exact) mass is 330 g/mol. The van der Waals surface area contributed by atoms with Gasteiger partial charge in [0.05, 0.1) is 5.69 Å².